The Labute approximate surface area is 380 Å². The van der Waals surface area contributed by atoms with Crippen molar-refractivity contribution in [3.8, 4) is 0 Å². The lowest BCUT2D eigenvalue weighted by atomic mass is 10.0. The molecule has 6 heteroatoms. The molecule has 0 radical (unpaired) electrons. The van der Waals surface area contributed by atoms with Crippen LogP contribution >= 0.6 is 0 Å². The first-order chi connectivity index (χ1) is 30.0. The van der Waals surface area contributed by atoms with E-state index >= 15 is 0 Å². The fourth-order valence-electron chi connectivity index (χ4n) is 8.28. The van der Waals surface area contributed by atoms with E-state index in [1.165, 1.54) is 199 Å². The lowest BCUT2D eigenvalue weighted by Crippen LogP contribution is -2.45. The second-order valence-corrected chi connectivity index (χ2v) is 18.6. The van der Waals surface area contributed by atoms with Crippen LogP contribution in [-0.4, -0.2) is 47.4 Å². The molecule has 3 N–H and O–H groups in total. The number of ether oxygens (including phenoxy) is 1. The average Bonchev–Trinajstić information content (AvgIpc) is 3.26. The summed E-state index contributed by atoms with van der Waals surface area (Å²) < 4.78 is 5.47. The van der Waals surface area contributed by atoms with Crippen molar-refractivity contribution in [1.82, 2.24) is 5.32 Å². The van der Waals surface area contributed by atoms with Crippen molar-refractivity contribution in [1.29, 1.82) is 0 Å². The number of rotatable bonds is 50. The highest BCUT2D eigenvalue weighted by Gasteiger charge is 2.20. The quantitative estimate of drug-likeness (QED) is 0.0322. The molecular weight excluding hydrogens is 755 g/mol. The first kappa shape index (κ1) is 59.3. The van der Waals surface area contributed by atoms with Gasteiger partial charge >= 0.3 is 5.97 Å². The minimum atomic E-state index is -0.669. The Morgan fingerprint density at radius 3 is 1.16 bits per heavy atom. The van der Waals surface area contributed by atoms with Gasteiger partial charge in [-0.3, -0.25) is 9.59 Å². The third-order valence-electron chi connectivity index (χ3n) is 12.5. The molecular formula is C55H105NO5. The molecule has 0 aromatic carbocycles. The molecule has 0 aliphatic rings. The molecule has 0 aliphatic carbocycles. The summed E-state index contributed by atoms with van der Waals surface area (Å²) in [6, 6.07) is -0.548. The van der Waals surface area contributed by atoms with Gasteiger partial charge in [0.1, 0.15) is 0 Å². The Balaban J connectivity index is 3.42. The number of hydrogen-bond acceptors (Lipinski definition) is 5. The molecule has 0 aromatic heterocycles. The lowest BCUT2D eigenvalue weighted by Gasteiger charge is -2.22. The summed E-state index contributed by atoms with van der Waals surface area (Å²) in [5.74, 6) is -0.0547. The summed E-state index contributed by atoms with van der Waals surface area (Å²) in [7, 11) is 0. The number of carbonyl (C=O) groups is 2. The first-order valence-electron chi connectivity index (χ1n) is 27.1. The molecule has 0 heterocycles. The molecule has 0 saturated carbocycles. The van der Waals surface area contributed by atoms with Crippen molar-refractivity contribution in [3.05, 3.63) is 24.3 Å². The van der Waals surface area contributed by atoms with Crippen LogP contribution in [0.1, 0.15) is 290 Å². The number of carbonyl (C=O) groups excluding carboxylic acids is 2. The smallest absolute Gasteiger partial charge is 0.305 e. The van der Waals surface area contributed by atoms with Gasteiger partial charge in [-0.25, -0.2) is 0 Å². The monoisotopic (exact) mass is 860 g/mol. The Morgan fingerprint density at radius 2 is 0.770 bits per heavy atom. The topological polar surface area (TPSA) is 95.9 Å². The molecule has 0 bridgehead atoms. The Morgan fingerprint density at radius 1 is 0.443 bits per heavy atom. The van der Waals surface area contributed by atoms with Crippen LogP contribution in [0.5, 0.6) is 0 Å². The van der Waals surface area contributed by atoms with Gasteiger partial charge in [0, 0.05) is 12.8 Å². The van der Waals surface area contributed by atoms with E-state index in [2.05, 4.69) is 43.5 Å². The van der Waals surface area contributed by atoms with Gasteiger partial charge in [-0.2, -0.15) is 0 Å². The summed E-state index contributed by atoms with van der Waals surface area (Å²) >= 11 is 0. The highest BCUT2D eigenvalue weighted by molar-refractivity contribution is 5.76. The molecule has 6 nitrogen and oxygen atoms in total. The zero-order valence-electron chi connectivity index (χ0n) is 40.9. The van der Waals surface area contributed by atoms with E-state index in [0.29, 0.717) is 25.9 Å². The first-order valence-corrected chi connectivity index (χ1v) is 27.1. The normalized spacial score (nSPS) is 12.8. The Kier molecular flexibility index (Phi) is 49.6. The molecule has 0 rings (SSSR count). The highest BCUT2D eigenvalue weighted by Crippen LogP contribution is 2.16. The fraction of sp³-hybridized carbons (Fsp3) is 0.891. The molecule has 0 aromatic rings. The van der Waals surface area contributed by atoms with Crippen molar-refractivity contribution in [3.63, 3.8) is 0 Å². The van der Waals surface area contributed by atoms with Crippen LogP contribution in [-0.2, 0) is 14.3 Å². The van der Waals surface area contributed by atoms with Crippen LogP contribution in [0.4, 0.5) is 0 Å². The predicted octanol–water partition coefficient (Wildman–Crippen LogP) is 16.3. The van der Waals surface area contributed by atoms with Crippen molar-refractivity contribution >= 4 is 11.9 Å². The largest absolute Gasteiger partial charge is 0.466 e. The van der Waals surface area contributed by atoms with Gasteiger partial charge in [-0.1, -0.05) is 224 Å². The molecule has 61 heavy (non-hydrogen) atoms. The van der Waals surface area contributed by atoms with Crippen LogP contribution in [0.3, 0.4) is 0 Å². The minimum absolute atomic E-state index is 0.00505. The predicted molar refractivity (Wildman–Crippen MR) is 264 cm³/mol. The van der Waals surface area contributed by atoms with Gasteiger partial charge in [-0.05, 0) is 77.0 Å². The molecule has 0 fully saturated rings. The van der Waals surface area contributed by atoms with E-state index in [1.807, 2.05) is 0 Å². The molecule has 360 valence electrons. The number of aliphatic hydroxyl groups is 2. The SMILES string of the molecule is CCCCCCCCC/C=C\CCCCCCCCCC(=O)OCCCCCCCC/C=C\CCCCCCCCCC(=O)NC(CO)C(O)CCCCCCCCCCC. The van der Waals surface area contributed by atoms with E-state index in [9.17, 15) is 19.8 Å². The number of unbranched alkanes of at least 4 members (excludes halogenated alkanes) is 35. The third-order valence-corrected chi connectivity index (χ3v) is 12.5. The number of allylic oxidation sites excluding steroid dienone is 4. The Hall–Kier alpha value is -1.66. The maximum Gasteiger partial charge on any atom is 0.305 e. The van der Waals surface area contributed by atoms with Crippen LogP contribution in [0.25, 0.3) is 0 Å². The summed E-state index contributed by atoms with van der Waals surface area (Å²) in [5.41, 5.74) is 0. The van der Waals surface area contributed by atoms with Gasteiger partial charge < -0.3 is 20.3 Å². The number of esters is 1. The molecule has 2 unspecified atom stereocenters. The van der Waals surface area contributed by atoms with E-state index in [-0.39, 0.29) is 18.5 Å². The maximum absolute atomic E-state index is 12.4. The molecule has 0 aliphatic heterocycles. The van der Waals surface area contributed by atoms with Gasteiger partial charge in [0.05, 0.1) is 25.4 Å². The molecule has 2 atom stereocenters. The van der Waals surface area contributed by atoms with Crippen molar-refractivity contribution in [2.75, 3.05) is 13.2 Å². The second kappa shape index (κ2) is 51.0. The maximum atomic E-state index is 12.4. The minimum Gasteiger partial charge on any atom is -0.466 e. The van der Waals surface area contributed by atoms with Crippen LogP contribution in [0.2, 0.25) is 0 Å². The lowest BCUT2D eigenvalue weighted by molar-refractivity contribution is -0.143. The van der Waals surface area contributed by atoms with Gasteiger partial charge in [0.25, 0.3) is 0 Å². The van der Waals surface area contributed by atoms with E-state index in [4.69, 9.17) is 4.74 Å². The zero-order chi connectivity index (χ0) is 44.4. The van der Waals surface area contributed by atoms with Crippen LogP contribution < -0.4 is 5.32 Å². The summed E-state index contributed by atoms with van der Waals surface area (Å²) in [5, 5.41) is 23.1. The standard InChI is InChI=1S/C55H105NO5/c1-3-5-7-9-11-13-14-15-16-17-20-23-26-29-33-37-41-45-49-55(60)61-50-46-42-38-34-30-27-24-21-18-19-22-25-28-32-36-40-44-48-54(59)56-52(51-57)53(58)47-43-39-35-31-12-10-8-6-4-2/h16-18,21,52-53,57-58H,3-15,19-20,22-51H2,1-2H3,(H,56,59)/b17-16-,21-18-. The summed E-state index contributed by atoms with van der Waals surface area (Å²) in [4.78, 5) is 24.4. The van der Waals surface area contributed by atoms with Gasteiger partial charge in [0.15, 0.2) is 0 Å². The van der Waals surface area contributed by atoms with Gasteiger partial charge in [-0.15, -0.1) is 0 Å². The number of aliphatic hydroxyl groups excluding tert-OH is 2. The van der Waals surface area contributed by atoms with E-state index in [0.717, 1.165) is 57.8 Å². The molecule has 1 amide bonds. The van der Waals surface area contributed by atoms with Crippen molar-refractivity contribution in [2.24, 2.45) is 0 Å². The van der Waals surface area contributed by atoms with E-state index in [1.54, 1.807) is 0 Å². The number of hydrogen-bond donors (Lipinski definition) is 3. The van der Waals surface area contributed by atoms with Gasteiger partial charge in [0.2, 0.25) is 5.91 Å². The molecule has 0 saturated heterocycles. The van der Waals surface area contributed by atoms with Crippen LogP contribution in [0, 0.1) is 0 Å². The number of nitrogens with one attached hydrogen (secondary N) is 1. The highest BCUT2D eigenvalue weighted by atomic mass is 16.5. The third kappa shape index (κ3) is 47.7. The molecule has 0 spiro atoms. The second-order valence-electron chi connectivity index (χ2n) is 18.6. The fourth-order valence-corrected chi connectivity index (χ4v) is 8.28. The number of amides is 1. The van der Waals surface area contributed by atoms with Crippen molar-refractivity contribution in [2.45, 2.75) is 302 Å². The average molecular weight is 860 g/mol. The summed E-state index contributed by atoms with van der Waals surface area (Å²) in [6.07, 6.45) is 60.2. The zero-order valence-corrected chi connectivity index (χ0v) is 40.9. The van der Waals surface area contributed by atoms with E-state index < -0.39 is 12.1 Å². The Bertz CT molecular complexity index is 951. The summed E-state index contributed by atoms with van der Waals surface area (Å²) in [6.45, 7) is 4.91. The van der Waals surface area contributed by atoms with Crippen molar-refractivity contribution < 1.29 is 24.5 Å². The van der Waals surface area contributed by atoms with Crippen LogP contribution in [0.15, 0.2) is 24.3 Å².